The molecule has 0 N–H and O–H groups in total. The van der Waals surface area contributed by atoms with Gasteiger partial charge in [0.2, 0.25) is 0 Å². The molecule has 1 heterocycles. The Morgan fingerprint density at radius 3 is 2.72 bits per heavy atom. The largest absolute Gasteiger partial charge is 0.496 e. The van der Waals surface area contributed by atoms with Crippen molar-refractivity contribution in [1.29, 1.82) is 5.26 Å². The van der Waals surface area contributed by atoms with Crippen LogP contribution in [0.2, 0.25) is 0 Å². The minimum atomic E-state index is 0.449. The fraction of sp³-hybridized carbons (Fsp3) is 0.286. The van der Waals surface area contributed by atoms with Gasteiger partial charge in [-0.15, -0.1) is 11.3 Å². The molecule has 3 nitrogen and oxygen atoms in total. The van der Waals surface area contributed by atoms with Crippen molar-refractivity contribution in [1.82, 2.24) is 4.98 Å². The van der Waals surface area contributed by atoms with Gasteiger partial charge < -0.3 is 4.74 Å². The first-order valence-corrected chi connectivity index (χ1v) is 6.51. The van der Waals surface area contributed by atoms with Gasteiger partial charge in [-0.2, -0.15) is 5.26 Å². The Hall–Kier alpha value is -1.86. The van der Waals surface area contributed by atoms with Crippen LogP contribution in [0.4, 0.5) is 0 Å². The molecule has 1 aromatic carbocycles. The third-order valence-electron chi connectivity index (χ3n) is 2.74. The molecule has 2 rings (SSSR count). The Kier molecular flexibility index (Phi) is 3.63. The molecular weight excluding hydrogens is 244 g/mol. The summed E-state index contributed by atoms with van der Waals surface area (Å²) in [7, 11) is 1.65. The Bertz CT molecular complexity index is 596. The summed E-state index contributed by atoms with van der Waals surface area (Å²) in [6, 6.07) is 8.21. The minimum Gasteiger partial charge on any atom is -0.496 e. The van der Waals surface area contributed by atoms with Crippen molar-refractivity contribution in [2.45, 2.75) is 19.8 Å². The van der Waals surface area contributed by atoms with Gasteiger partial charge in [0.1, 0.15) is 21.7 Å². The van der Waals surface area contributed by atoms with Crippen LogP contribution in [0.3, 0.4) is 0 Å². The summed E-state index contributed by atoms with van der Waals surface area (Å²) in [4.78, 5) is 4.90. The van der Waals surface area contributed by atoms with Crippen LogP contribution in [-0.4, -0.2) is 12.1 Å². The zero-order valence-corrected chi connectivity index (χ0v) is 11.4. The number of rotatable bonds is 3. The molecule has 1 aromatic heterocycles. The number of methoxy groups -OCH3 is 1. The lowest BCUT2D eigenvalue weighted by atomic mass is 10.0. The maximum atomic E-state index is 8.86. The van der Waals surface area contributed by atoms with E-state index in [9.17, 15) is 0 Å². The maximum Gasteiger partial charge on any atom is 0.129 e. The van der Waals surface area contributed by atoms with Crippen molar-refractivity contribution in [3.05, 3.63) is 34.8 Å². The van der Waals surface area contributed by atoms with Gasteiger partial charge in [0.25, 0.3) is 0 Å². The van der Waals surface area contributed by atoms with Gasteiger partial charge in [0, 0.05) is 0 Å². The second-order valence-corrected chi connectivity index (χ2v) is 5.29. The van der Waals surface area contributed by atoms with Gasteiger partial charge in [-0.3, -0.25) is 0 Å². The number of hydrogen-bond donors (Lipinski definition) is 0. The number of aromatic nitrogens is 1. The van der Waals surface area contributed by atoms with E-state index in [1.54, 1.807) is 13.3 Å². The molecule has 0 aliphatic heterocycles. The average molecular weight is 258 g/mol. The third-order valence-corrected chi connectivity index (χ3v) is 3.67. The zero-order valence-electron chi connectivity index (χ0n) is 10.6. The van der Waals surface area contributed by atoms with E-state index >= 15 is 0 Å². The van der Waals surface area contributed by atoms with Crippen molar-refractivity contribution in [2.24, 2.45) is 0 Å². The lowest BCUT2D eigenvalue weighted by molar-refractivity contribution is 0.416. The second-order valence-electron chi connectivity index (χ2n) is 4.26. The highest BCUT2D eigenvalue weighted by Gasteiger charge is 2.12. The van der Waals surface area contributed by atoms with E-state index in [0.717, 1.165) is 16.3 Å². The number of ether oxygens (including phenoxy) is 1. The summed E-state index contributed by atoms with van der Waals surface area (Å²) in [5, 5.41) is 9.68. The van der Waals surface area contributed by atoms with Crippen molar-refractivity contribution in [3.8, 4) is 22.4 Å². The lowest BCUT2D eigenvalue weighted by Gasteiger charge is -2.10. The van der Waals surface area contributed by atoms with E-state index in [2.05, 4.69) is 37.0 Å². The van der Waals surface area contributed by atoms with Gasteiger partial charge >= 0.3 is 0 Å². The molecule has 4 heteroatoms. The van der Waals surface area contributed by atoms with E-state index in [0.29, 0.717) is 10.8 Å². The molecule has 0 bridgehead atoms. The highest BCUT2D eigenvalue weighted by atomic mass is 32.1. The van der Waals surface area contributed by atoms with Crippen LogP contribution in [0.25, 0.3) is 10.6 Å². The molecule has 0 atom stereocenters. The third kappa shape index (κ3) is 2.36. The molecule has 0 saturated heterocycles. The SMILES string of the molecule is COc1ccc(C(C)C)cc1-c1ncc(C#N)s1. The zero-order chi connectivity index (χ0) is 13.1. The molecule has 0 amide bonds. The first-order chi connectivity index (χ1) is 8.65. The van der Waals surface area contributed by atoms with Gasteiger partial charge in [0.15, 0.2) is 0 Å². The predicted octanol–water partition coefficient (Wildman–Crippen LogP) is 3.81. The summed E-state index contributed by atoms with van der Waals surface area (Å²) in [5.41, 5.74) is 2.19. The van der Waals surface area contributed by atoms with Crippen LogP contribution in [0.15, 0.2) is 24.4 Å². The van der Waals surface area contributed by atoms with E-state index < -0.39 is 0 Å². The lowest BCUT2D eigenvalue weighted by Crippen LogP contribution is -1.92. The van der Waals surface area contributed by atoms with Crippen molar-refractivity contribution in [3.63, 3.8) is 0 Å². The Morgan fingerprint density at radius 1 is 1.39 bits per heavy atom. The monoisotopic (exact) mass is 258 g/mol. The van der Waals surface area contributed by atoms with Crippen molar-refractivity contribution < 1.29 is 4.74 Å². The minimum absolute atomic E-state index is 0.449. The second kappa shape index (κ2) is 5.19. The molecule has 18 heavy (non-hydrogen) atoms. The number of thiazole rings is 1. The number of benzene rings is 1. The fourth-order valence-electron chi connectivity index (χ4n) is 1.70. The van der Waals surface area contributed by atoms with Crippen LogP contribution < -0.4 is 4.74 Å². The maximum absolute atomic E-state index is 8.86. The molecule has 92 valence electrons. The number of hydrogen-bond acceptors (Lipinski definition) is 4. The van der Waals surface area contributed by atoms with Crippen LogP contribution >= 0.6 is 11.3 Å². The van der Waals surface area contributed by atoms with E-state index in [1.165, 1.54) is 16.9 Å². The summed E-state index contributed by atoms with van der Waals surface area (Å²) >= 11 is 1.38. The highest BCUT2D eigenvalue weighted by molar-refractivity contribution is 7.15. The molecular formula is C14H14N2OS. The first-order valence-electron chi connectivity index (χ1n) is 5.70. The number of nitriles is 1. The Balaban J connectivity index is 2.53. The fourth-order valence-corrected chi connectivity index (χ4v) is 2.44. The van der Waals surface area contributed by atoms with Crippen molar-refractivity contribution >= 4 is 11.3 Å². The van der Waals surface area contributed by atoms with Crippen molar-refractivity contribution in [2.75, 3.05) is 7.11 Å². The molecule has 0 saturated carbocycles. The van der Waals surface area contributed by atoms with Crippen LogP contribution in [0.5, 0.6) is 5.75 Å². The summed E-state index contributed by atoms with van der Waals surface area (Å²) in [5.74, 6) is 1.24. The molecule has 0 fully saturated rings. The number of nitrogens with zero attached hydrogens (tertiary/aromatic N) is 2. The topological polar surface area (TPSA) is 45.9 Å². The Morgan fingerprint density at radius 2 is 2.17 bits per heavy atom. The highest BCUT2D eigenvalue weighted by Crippen LogP contribution is 2.35. The molecule has 0 unspecified atom stereocenters. The Labute approximate surface area is 111 Å². The van der Waals surface area contributed by atoms with Gasteiger partial charge in [-0.05, 0) is 23.6 Å². The standard InChI is InChI=1S/C14H14N2OS/c1-9(2)10-4-5-13(17-3)12(6-10)14-16-8-11(7-15)18-14/h4-6,8-9H,1-3H3. The molecule has 0 aliphatic carbocycles. The predicted molar refractivity (Wildman–Crippen MR) is 72.9 cm³/mol. The quantitative estimate of drug-likeness (QED) is 0.840. The average Bonchev–Trinajstić information content (AvgIpc) is 2.86. The summed E-state index contributed by atoms with van der Waals surface area (Å²) < 4.78 is 5.36. The first kappa shape index (κ1) is 12.6. The molecule has 0 aliphatic rings. The molecule has 0 spiro atoms. The smallest absolute Gasteiger partial charge is 0.129 e. The van der Waals surface area contributed by atoms with E-state index in [4.69, 9.17) is 10.00 Å². The summed E-state index contributed by atoms with van der Waals surface area (Å²) in [6.45, 7) is 4.29. The normalized spacial score (nSPS) is 10.4. The van der Waals surface area contributed by atoms with Gasteiger partial charge in [0.05, 0.1) is 18.9 Å². The van der Waals surface area contributed by atoms with Crippen LogP contribution in [0, 0.1) is 11.3 Å². The van der Waals surface area contributed by atoms with E-state index in [1.807, 2.05) is 6.07 Å². The van der Waals surface area contributed by atoms with Crippen LogP contribution in [0.1, 0.15) is 30.2 Å². The van der Waals surface area contributed by atoms with Gasteiger partial charge in [-0.1, -0.05) is 19.9 Å². The van der Waals surface area contributed by atoms with Crippen LogP contribution in [-0.2, 0) is 0 Å². The van der Waals surface area contributed by atoms with Gasteiger partial charge in [-0.25, -0.2) is 4.98 Å². The van der Waals surface area contributed by atoms with E-state index in [-0.39, 0.29) is 0 Å². The summed E-state index contributed by atoms with van der Waals surface area (Å²) in [6.07, 6.45) is 1.60. The molecule has 0 radical (unpaired) electrons. The molecule has 2 aromatic rings.